The van der Waals surface area contributed by atoms with Gasteiger partial charge in [-0.25, -0.2) is 0 Å². The SMILES string of the molecule is CCN(CC)C(C=Cc1ccccc1)N1CCOCC1. The molecule has 0 aliphatic carbocycles. The Bertz CT molecular complexity index is 395. The standard InChI is InChI=1S/C17H26N2O/c1-3-18(4-2)17(19-12-14-20-15-13-19)11-10-16-8-6-5-7-9-16/h5-11,17H,3-4,12-15H2,1-2H3. The molecule has 1 unspecified atom stereocenters. The van der Waals surface area contributed by atoms with Crippen LogP contribution in [0.1, 0.15) is 19.4 Å². The van der Waals surface area contributed by atoms with Crippen molar-refractivity contribution in [3.63, 3.8) is 0 Å². The average molecular weight is 274 g/mol. The minimum absolute atomic E-state index is 0.370. The molecule has 1 aliphatic rings. The lowest BCUT2D eigenvalue weighted by Crippen LogP contribution is -2.51. The predicted molar refractivity (Wildman–Crippen MR) is 84.6 cm³/mol. The van der Waals surface area contributed by atoms with Crippen LogP contribution in [-0.2, 0) is 4.74 Å². The highest BCUT2D eigenvalue weighted by Gasteiger charge is 2.22. The molecule has 0 bridgehead atoms. The van der Waals surface area contributed by atoms with E-state index in [1.54, 1.807) is 0 Å². The van der Waals surface area contributed by atoms with E-state index in [9.17, 15) is 0 Å². The second kappa shape index (κ2) is 8.20. The van der Waals surface area contributed by atoms with Gasteiger partial charge >= 0.3 is 0 Å². The summed E-state index contributed by atoms with van der Waals surface area (Å²) >= 11 is 0. The van der Waals surface area contributed by atoms with Crippen molar-refractivity contribution in [2.45, 2.75) is 20.0 Å². The molecule has 1 aromatic rings. The van der Waals surface area contributed by atoms with Gasteiger partial charge in [-0.05, 0) is 18.7 Å². The van der Waals surface area contributed by atoms with Crippen LogP contribution in [0.2, 0.25) is 0 Å². The zero-order valence-corrected chi connectivity index (χ0v) is 12.7. The van der Waals surface area contributed by atoms with Crippen LogP contribution in [0.5, 0.6) is 0 Å². The van der Waals surface area contributed by atoms with Crippen LogP contribution < -0.4 is 0 Å². The molecule has 2 rings (SSSR count). The van der Waals surface area contributed by atoms with Gasteiger partial charge in [-0.3, -0.25) is 9.80 Å². The van der Waals surface area contributed by atoms with Crippen molar-refractivity contribution < 1.29 is 4.74 Å². The summed E-state index contributed by atoms with van der Waals surface area (Å²) in [7, 11) is 0. The van der Waals surface area contributed by atoms with Crippen LogP contribution in [0.4, 0.5) is 0 Å². The number of rotatable bonds is 6. The number of ether oxygens (including phenoxy) is 1. The van der Waals surface area contributed by atoms with Crippen LogP contribution in [0.25, 0.3) is 6.08 Å². The van der Waals surface area contributed by atoms with Crippen molar-refractivity contribution in [3.8, 4) is 0 Å². The molecular formula is C17H26N2O. The maximum absolute atomic E-state index is 5.48. The monoisotopic (exact) mass is 274 g/mol. The van der Waals surface area contributed by atoms with Crippen molar-refractivity contribution in [2.75, 3.05) is 39.4 Å². The number of nitrogens with zero attached hydrogens (tertiary/aromatic N) is 2. The molecule has 0 spiro atoms. The number of benzene rings is 1. The maximum Gasteiger partial charge on any atom is 0.0819 e. The lowest BCUT2D eigenvalue weighted by atomic mass is 10.2. The molecule has 0 radical (unpaired) electrons. The molecule has 1 fully saturated rings. The molecular weight excluding hydrogens is 248 g/mol. The van der Waals surface area contributed by atoms with E-state index in [1.165, 1.54) is 5.56 Å². The molecule has 1 saturated heterocycles. The second-order valence-corrected chi connectivity index (χ2v) is 5.05. The summed E-state index contributed by atoms with van der Waals surface area (Å²) in [6.45, 7) is 10.3. The summed E-state index contributed by atoms with van der Waals surface area (Å²) in [5.41, 5.74) is 1.26. The largest absolute Gasteiger partial charge is 0.379 e. The Hall–Kier alpha value is -1.16. The van der Waals surface area contributed by atoms with E-state index < -0.39 is 0 Å². The summed E-state index contributed by atoms with van der Waals surface area (Å²) in [6, 6.07) is 10.5. The van der Waals surface area contributed by atoms with Crippen molar-refractivity contribution in [2.24, 2.45) is 0 Å². The van der Waals surface area contributed by atoms with E-state index in [4.69, 9.17) is 4.74 Å². The molecule has 1 aromatic carbocycles. The first-order valence-corrected chi connectivity index (χ1v) is 7.64. The van der Waals surface area contributed by atoms with Crippen molar-refractivity contribution in [1.82, 2.24) is 9.80 Å². The van der Waals surface area contributed by atoms with Crippen LogP contribution in [0.3, 0.4) is 0 Å². The first-order valence-electron chi connectivity index (χ1n) is 7.64. The zero-order valence-electron chi connectivity index (χ0n) is 12.7. The number of morpholine rings is 1. The van der Waals surface area contributed by atoms with E-state index in [0.717, 1.165) is 39.4 Å². The summed E-state index contributed by atoms with van der Waals surface area (Å²) in [5.74, 6) is 0. The fourth-order valence-electron chi connectivity index (χ4n) is 2.68. The van der Waals surface area contributed by atoms with Crippen molar-refractivity contribution in [1.29, 1.82) is 0 Å². The smallest absolute Gasteiger partial charge is 0.0819 e. The highest BCUT2D eigenvalue weighted by atomic mass is 16.5. The molecule has 0 N–H and O–H groups in total. The van der Waals surface area contributed by atoms with Crippen molar-refractivity contribution >= 4 is 6.08 Å². The Morgan fingerprint density at radius 3 is 2.40 bits per heavy atom. The lowest BCUT2D eigenvalue weighted by molar-refractivity contribution is -0.0131. The Morgan fingerprint density at radius 2 is 1.80 bits per heavy atom. The van der Waals surface area contributed by atoms with Gasteiger partial charge in [-0.2, -0.15) is 0 Å². The van der Waals surface area contributed by atoms with E-state index in [-0.39, 0.29) is 0 Å². The summed E-state index contributed by atoms with van der Waals surface area (Å²) in [6.07, 6.45) is 4.93. The van der Waals surface area contributed by atoms with Gasteiger partial charge in [0.2, 0.25) is 0 Å². The number of hydrogen-bond acceptors (Lipinski definition) is 3. The van der Waals surface area contributed by atoms with Gasteiger partial charge in [0, 0.05) is 13.1 Å². The average Bonchev–Trinajstić information content (AvgIpc) is 2.53. The Balaban J connectivity index is 2.11. The van der Waals surface area contributed by atoms with Gasteiger partial charge < -0.3 is 4.74 Å². The minimum Gasteiger partial charge on any atom is -0.379 e. The highest BCUT2D eigenvalue weighted by molar-refractivity contribution is 5.49. The van der Waals surface area contributed by atoms with Crippen LogP contribution in [-0.4, -0.2) is 55.4 Å². The summed E-state index contributed by atoms with van der Waals surface area (Å²) in [4.78, 5) is 5.00. The van der Waals surface area contributed by atoms with Gasteiger partial charge in [-0.15, -0.1) is 0 Å². The van der Waals surface area contributed by atoms with Crippen LogP contribution >= 0.6 is 0 Å². The predicted octanol–water partition coefficient (Wildman–Crippen LogP) is 2.70. The van der Waals surface area contributed by atoms with Crippen molar-refractivity contribution in [3.05, 3.63) is 42.0 Å². The molecule has 1 aliphatic heterocycles. The third-order valence-corrected chi connectivity index (χ3v) is 3.87. The highest BCUT2D eigenvalue weighted by Crippen LogP contribution is 2.13. The molecule has 0 aromatic heterocycles. The first kappa shape index (κ1) is 15.2. The van der Waals surface area contributed by atoms with E-state index in [0.29, 0.717) is 6.17 Å². The normalized spacial score (nSPS) is 18.8. The molecule has 0 saturated carbocycles. The Morgan fingerprint density at radius 1 is 1.15 bits per heavy atom. The lowest BCUT2D eigenvalue weighted by Gasteiger charge is -2.39. The topological polar surface area (TPSA) is 15.7 Å². The molecule has 1 heterocycles. The quantitative estimate of drug-likeness (QED) is 0.793. The second-order valence-electron chi connectivity index (χ2n) is 5.05. The first-order chi connectivity index (χ1) is 9.85. The van der Waals surface area contributed by atoms with Gasteiger partial charge in [0.05, 0.1) is 19.4 Å². The molecule has 20 heavy (non-hydrogen) atoms. The van der Waals surface area contributed by atoms with Crippen LogP contribution in [0.15, 0.2) is 36.4 Å². The molecule has 110 valence electrons. The van der Waals surface area contributed by atoms with E-state index >= 15 is 0 Å². The molecule has 0 amide bonds. The maximum atomic E-state index is 5.48. The van der Waals surface area contributed by atoms with Crippen LogP contribution in [0, 0.1) is 0 Å². The van der Waals surface area contributed by atoms with E-state index in [2.05, 4.69) is 66.1 Å². The summed E-state index contributed by atoms with van der Waals surface area (Å²) < 4.78 is 5.48. The fourth-order valence-corrected chi connectivity index (χ4v) is 2.68. The third kappa shape index (κ3) is 4.17. The summed E-state index contributed by atoms with van der Waals surface area (Å²) in [5, 5.41) is 0. The third-order valence-electron chi connectivity index (χ3n) is 3.87. The van der Waals surface area contributed by atoms with E-state index in [1.807, 2.05) is 0 Å². The van der Waals surface area contributed by atoms with Gasteiger partial charge in [-0.1, -0.05) is 56.3 Å². The van der Waals surface area contributed by atoms with Gasteiger partial charge in [0.15, 0.2) is 0 Å². The molecule has 1 atom stereocenters. The number of likely N-dealkylation sites (N-methyl/N-ethyl adjacent to an activating group) is 1. The zero-order chi connectivity index (χ0) is 14.2. The van der Waals surface area contributed by atoms with Gasteiger partial charge in [0.25, 0.3) is 0 Å². The fraction of sp³-hybridized carbons (Fsp3) is 0.529. The minimum atomic E-state index is 0.370. The Labute approximate surface area is 122 Å². The molecule has 3 heteroatoms. The number of hydrogen-bond donors (Lipinski definition) is 0. The van der Waals surface area contributed by atoms with Gasteiger partial charge in [0.1, 0.15) is 0 Å². The Kier molecular flexibility index (Phi) is 6.25. The molecule has 3 nitrogen and oxygen atoms in total.